The van der Waals surface area contributed by atoms with Crippen LogP contribution in [0.3, 0.4) is 0 Å². The molecule has 1 aliphatic carbocycles. The summed E-state index contributed by atoms with van der Waals surface area (Å²) >= 11 is 2.37. The maximum atomic E-state index is 12.3. The van der Waals surface area contributed by atoms with Gasteiger partial charge in [-0.25, -0.2) is 8.78 Å². The highest BCUT2D eigenvalue weighted by Crippen LogP contribution is 2.30. The molecular weight excluding hydrogens is 285 g/mol. The van der Waals surface area contributed by atoms with Crippen LogP contribution >= 0.6 is 22.6 Å². The Morgan fingerprint density at radius 3 is 2.62 bits per heavy atom. The molecule has 0 saturated heterocycles. The van der Waals surface area contributed by atoms with Gasteiger partial charge in [-0.3, -0.25) is 0 Å². The van der Waals surface area contributed by atoms with Crippen LogP contribution in [0.5, 0.6) is 0 Å². The smallest absolute Gasteiger partial charge is 0.205 e. The Hall–Kier alpha value is -0.190. The predicted octanol–water partition coefficient (Wildman–Crippen LogP) is 3.53. The zero-order valence-corrected chi connectivity index (χ0v) is 9.09. The summed E-state index contributed by atoms with van der Waals surface area (Å²) in [4.78, 5) is 0. The minimum atomic E-state index is -2.33. The van der Waals surface area contributed by atoms with E-state index in [1.54, 1.807) is 6.07 Å². The zero-order valence-electron chi connectivity index (χ0n) is 6.93. The topological polar surface area (TPSA) is 0 Å². The summed E-state index contributed by atoms with van der Waals surface area (Å²) in [7, 11) is 0. The number of fused-ring (bicyclic) bond motifs is 1. The van der Waals surface area contributed by atoms with E-state index in [0.29, 0.717) is 3.92 Å². The third-order valence-electron chi connectivity index (χ3n) is 2.37. The lowest BCUT2D eigenvalue weighted by molar-refractivity contribution is 0.151. The molecule has 13 heavy (non-hydrogen) atoms. The van der Waals surface area contributed by atoms with Gasteiger partial charge in [-0.1, -0.05) is 34.7 Å². The molecule has 0 nitrogen and oxygen atoms in total. The molecule has 1 aromatic rings. The van der Waals surface area contributed by atoms with Gasteiger partial charge >= 0.3 is 0 Å². The second-order valence-corrected chi connectivity index (χ2v) is 5.10. The Morgan fingerprint density at radius 2 is 1.92 bits per heavy atom. The fraction of sp³-hybridized carbons (Fsp3) is 0.400. The van der Waals surface area contributed by atoms with Crippen LogP contribution in [-0.2, 0) is 12.8 Å². The summed E-state index contributed by atoms with van der Waals surface area (Å²) in [5.41, 5.74) is 2.50. The van der Waals surface area contributed by atoms with Gasteiger partial charge in [-0.05, 0) is 30.0 Å². The second kappa shape index (κ2) is 3.52. The minimum Gasteiger partial charge on any atom is -0.205 e. The van der Waals surface area contributed by atoms with E-state index in [0.717, 1.165) is 18.4 Å². The molecule has 0 bridgehead atoms. The van der Waals surface area contributed by atoms with Crippen LogP contribution < -0.4 is 0 Å². The molecule has 1 aromatic carbocycles. The van der Waals surface area contributed by atoms with Crippen molar-refractivity contribution in [3.63, 3.8) is 0 Å². The fourth-order valence-corrected chi connectivity index (χ4v) is 2.67. The first-order valence-corrected chi connectivity index (χ1v) is 5.45. The SMILES string of the molecule is FC(F)c1ccc2c(c1)CC(I)C2. The number of rotatable bonds is 1. The maximum Gasteiger partial charge on any atom is 0.263 e. The fourth-order valence-electron chi connectivity index (χ4n) is 1.72. The highest BCUT2D eigenvalue weighted by molar-refractivity contribution is 14.1. The average Bonchev–Trinajstić information content (AvgIpc) is 2.42. The van der Waals surface area contributed by atoms with Crippen molar-refractivity contribution < 1.29 is 8.78 Å². The summed E-state index contributed by atoms with van der Waals surface area (Å²) in [6, 6.07) is 5.03. The van der Waals surface area contributed by atoms with Crippen LogP contribution in [0.25, 0.3) is 0 Å². The third kappa shape index (κ3) is 1.85. The molecule has 2 rings (SSSR count). The summed E-state index contributed by atoms with van der Waals surface area (Å²) < 4.78 is 25.2. The Bertz CT molecular complexity index is 323. The number of hydrogen-bond acceptors (Lipinski definition) is 0. The molecular formula is C10H9F2I. The monoisotopic (exact) mass is 294 g/mol. The Labute approximate surface area is 89.5 Å². The van der Waals surface area contributed by atoms with Crippen molar-refractivity contribution in [1.82, 2.24) is 0 Å². The Balaban J connectivity index is 2.35. The van der Waals surface area contributed by atoms with Crippen molar-refractivity contribution in [2.45, 2.75) is 23.2 Å². The number of hydrogen-bond donors (Lipinski definition) is 0. The maximum absolute atomic E-state index is 12.3. The van der Waals surface area contributed by atoms with Crippen LogP contribution in [0.2, 0.25) is 0 Å². The van der Waals surface area contributed by atoms with Gasteiger partial charge in [-0.2, -0.15) is 0 Å². The van der Waals surface area contributed by atoms with Gasteiger partial charge in [0.25, 0.3) is 6.43 Å². The van der Waals surface area contributed by atoms with E-state index < -0.39 is 6.43 Å². The third-order valence-corrected chi connectivity index (χ3v) is 3.25. The van der Waals surface area contributed by atoms with E-state index in [4.69, 9.17) is 0 Å². The summed E-state index contributed by atoms with van der Waals surface area (Å²) in [6.45, 7) is 0. The molecule has 1 atom stereocenters. The van der Waals surface area contributed by atoms with Gasteiger partial charge in [0.05, 0.1) is 0 Å². The van der Waals surface area contributed by atoms with Crippen molar-refractivity contribution in [3.05, 3.63) is 34.9 Å². The van der Waals surface area contributed by atoms with E-state index in [2.05, 4.69) is 22.6 Å². The molecule has 70 valence electrons. The molecule has 0 spiro atoms. The van der Waals surface area contributed by atoms with Crippen LogP contribution in [-0.4, -0.2) is 3.92 Å². The van der Waals surface area contributed by atoms with Crippen molar-refractivity contribution >= 4 is 22.6 Å². The van der Waals surface area contributed by atoms with Crippen molar-refractivity contribution in [2.24, 2.45) is 0 Å². The van der Waals surface area contributed by atoms with E-state index in [9.17, 15) is 8.78 Å². The lowest BCUT2D eigenvalue weighted by Crippen LogP contribution is -1.92. The lowest BCUT2D eigenvalue weighted by Gasteiger charge is -2.02. The van der Waals surface area contributed by atoms with Crippen LogP contribution in [0.4, 0.5) is 8.78 Å². The normalized spacial score (nSPS) is 20.8. The zero-order chi connectivity index (χ0) is 9.42. The first-order valence-electron chi connectivity index (χ1n) is 4.20. The van der Waals surface area contributed by atoms with E-state index in [-0.39, 0.29) is 5.56 Å². The lowest BCUT2D eigenvalue weighted by atomic mass is 10.1. The van der Waals surface area contributed by atoms with E-state index in [1.165, 1.54) is 11.6 Å². The Kier molecular flexibility index (Phi) is 2.53. The van der Waals surface area contributed by atoms with Crippen molar-refractivity contribution in [2.75, 3.05) is 0 Å². The average molecular weight is 294 g/mol. The van der Waals surface area contributed by atoms with Crippen LogP contribution in [0.15, 0.2) is 18.2 Å². The first-order chi connectivity index (χ1) is 6.16. The van der Waals surface area contributed by atoms with Gasteiger partial charge in [0.2, 0.25) is 0 Å². The van der Waals surface area contributed by atoms with Gasteiger partial charge < -0.3 is 0 Å². The summed E-state index contributed by atoms with van der Waals surface area (Å²) in [5.74, 6) is 0. The second-order valence-electron chi connectivity index (χ2n) is 3.33. The highest BCUT2D eigenvalue weighted by atomic mass is 127. The molecule has 0 heterocycles. The summed E-state index contributed by atoms with van der Waals surface area (Å²) in [5, 5.41) is 0. The van der Waals surface area contributed by atoms with Gasteiger partial charge in [-0.15, -0.1) is 0 Å². The van der Waals surface area contributed by atoms with Crippen LogP contribution in [0.1, 0.15) is 23.1 Å². The molecule has 3 heteroatoms. The standard InChI is InChI=1S/C10H9F2I/c11-10(12)7-2-1-6-4-9(13)5-8(6)3-7/h1-3,9-10H,4-5H2. The van der Waals surface area contributed by atoms with Crippen molar-refractivity contribution in [1.29, 1.82) is 0 Å². The molecule has 0 aliphatic heterocycles. The number of benzene rings is 1. The molecule has 0 saturated carbocycles. The van der Waals surface area contributed by atoms with Crippen molar-refractivity contribution in [3.8, 4) is 0 Å². The molecule has 0 N–H and O–H groups in total. The van der Waals surface area contributed by atoms with E-state index in [1.807, 2.05) is 6.07 Å². The number of alkyl halides is 3. The molecule has 1 unspecified atom stereocenters. The van der Waals surface area contributed by atoms with E-state index >= 15 is 0 Å². The molecule has 1 aliphatic rings. The molecule has 0 aromatic heterocycles. The first kappa shape index (κ1) is 9.37. The number of halogens is 3. The molecule has 0 fully saturated rings. The summed E-state index contributed by atoms with van der Waals surface area (Å²) in [6.07, 6.45) is -0.367. The minimum absolute atomic E-state index is 0.157. The molecule has 0 radical (unpaired) electrons. The van der Waals surface area contributed by atoms with Gasteiger partial charge in [0.15, 0.2) is 0 Å². The van der Waals surface area contributed by atoms with Crippen LogP contribution in [0, 0.1) is 0 Å². The van der Waals surface area contributed by atoms with Gasteiger partial charge in [0, 0.05) is 9.49 Å². The largest absolute Gasteiger partial charge is 0.263 e. The predicted molar refractivity (Wildman–Crippen MR) is 56.6 cm³/mol. The highest BCUT2D eigenvalue weighted by Gasteiger charge is 2.20. The molecule has 0 amide bonds. The Morgan fingerprint density at radius 1 is 1.23 bits per heavy atom. The quantitative estimate of drug-likeness (QED) is 0.549. The van der Waals surface area contributed by atoms with Gasteiger partial charge in [0.1, 0.15) is 0 Å².